The lowest BCUT2D eigenvalue weighted by molar-refractivity contribution is -0.384. The molecule has 0 unspecified atom stereocenters. The van der Waals surface area contributed by atoms with Gasteiger partial charge in [0.2, 0.25) is 0 Å². The van der Waals surface area contributed by atoms with Crippen LogP contribution in [0.2, 0.25) is 0 Å². The maximum absolute atomic E-state index is 10.8. The molecule has 2 aliphatic carbocycles. The predicted molar refractivity (Wildman–Crippen MR) is 124 cm³/mol. The minimum atomic E-state index is -0.402. The van der Waals surface area contributed by atoms with Gasteiger partial charge < -0.3 is 4.98 Å². The zero-order chi connectivity index (χ0) is 21.2. The molecule has 2 aliphatic rings. The fourth-order valence-corrected chi connectivity index (χ4v) is 4.97. The summed E-state index contributed by atoms with van der Waals surface area (Å²) < 4.78 is 0. The molecule has 0 bridgehead atoms. The number of nitrogens with one attached hydrogen (secondary N) is 1. The van der Waals surface area contributed by atoms with Gasteiger partial charge in [-0.15, -0.1) is 0 Å². The molecule has 0 amide bonds. The van der Waals surface area contributed by atoms with E-state index in [4.69, 9.17) is 0 Å². The maximum atomic E-state index is 10.8. The highest BCUT2D eigenvalue weighted by atomic mass is 16.6. The fourth-order valence-electron chi connectivity index (χ4n) is 4.97. The van der Waals surface area contributed by atoms with Crippen molar-refractivity contribution >= 4 is 28.5 Å². The predicted octanol–water partition coefficient (Wildman–Crippen LogP) is 6.28. The second-order valence-electron chi connectivity index (χ2n) is 8.61. The quantitative estimate of drug-likeness (QED) is 0.309. The molecule has 0 radical (unpaired) electrons. The average Bonchev–Trinajstić information content (AvgIpc) is 3.19. The molecule has 0 atom stereocenters. The molecule has 0 saturated heterocycles. The largest absolute Gasteiger partial charge is 0.353 e. The topological polar surface area (TPSA) is 83.7 Å². The minimum Gasteiger partial charge on any atom is -0.353 e. The minimum absolute atomic E-state index is 0.0751. The molecule has 31 heavy (non-hydrogen) atoms. The number of aromatic nitrogens is 1. The van der Waals surface area contributed by atoms with E-state index in [1.54, 1.807) is 18.3 Å². The van der Waals surface area contributed by atoms with Crippen LogP contribution in [0.4, 0.5) is 5.69 Å². The Morgan fingerprint density at radius 1 is 1.00 bits per heavy atom. The average molecular weight is 415 g/mol. The summed E-state index contributed by atoms with van der Waals surface area (Å²) in [5.74, 6) is 0.701. The van der Waals surface area contributed by atoms with Crippen LogP contribution in [0, 0.1) is 10.1 Å². The Bertz CT molecular complexity index is 1170. The number of nitrogens with zero attached hydrogens (tertiary/aromatic N) is 3. The molecular weight excluding hydrogens is 388 g/mol. The third-order valence-corrected chi connectivity index (χ3v) is 6.62. The van der Waals surface area contributed by atoms with Gasteiger partial charge in [-0.05, 0) is 79.0 Å². The van der Waals surface area contributed by atoms with E-state index in [9.17, 15) is 10.1 Å². The zero-order valence-electron chi connectivity index (χ0n) is 17.5. The third-order valence-electron chi connectivity index (χ3n) is 6.62. The van der Waals surface area contributed by atoms with E-state index in [1.165, 1.54) is 66.3 Å². The molecular formula is C25H26N4O2. The fraction of sp³-hybridized carbons (Fsp3) is 0.360. The molecule has 0 aliphatic heterocycles. The molecule has 1 aromatic heterocycles. The van der Waals surface area contributed by atoms with Crippen LogP contribution in [0.15, 0.2) is 52.7 Å². The zero-order valence-corrected chi connectivity index (χ0v) is 17.5. The van der Waals surface area contributed by atoms with Crippen molar-refractivity contribution in [3.05, 3.63) is 75.0 Å². The van der Waals surface area contributed by atoms with Gasteiger partial charge in [-0.25, -0.2) is 0 Å². The summed E-state index contributed by atoms with van der Waals surface area (Å²) in [6.07, 6.45) is 11.4. The van der Waals surface area contributed by atoms with Gasteiger partial charge in [-0.1, -0.05) is 25.3 Å². The number of aryl methyl sites for hydroxylation is 1. The van der Waals surface area contributed by atoms with Crippen molar-refractivity contribution < 1.29 is 4.92 Å². The molecule has 3 aromatic rings. The Morgan fingerprint density at radius 2 is 1.81 bits per heavy atom. The molecule has 1 N–H and O–H groups in total. The number of hydrogen-bond acceptors (Lipinski definition) is 4. The van der Waals surface area contributed by atoms with Gasteiger partial charge in [0.1, 0.15) is 0 Å². The van der Waals surface area contributed by atoms with Crippen molar-refractivity contribution in [3.8, 4) is 0 Å². The Hall–Kier alpha value is -3.28. The van der Waals surface area contributed by atoms with Crippen molar-refractivity contribution in [2.24, 2.45) is 10.2 Å². The third kappa shape index (κ3) is 4.02. The normalized spacial score (nSPS) is 18.6. The summed E-state index contributed by atoms with van der Waals surface area (Å²) in [5, 5.41) is 20.9. The summed E-state index contributed by atoms with van der Waals surface area (Å²) in [6.45, 7) is 0. The lowest BCUT2D eigenvalue weighted by Gasteiger charge is -2.22. The first-order valence-corrected chi connectivity index (χ1v) is 11.2. The summed E-state index contributed by atoms with van der Waals surface area (Å²) in [6, 6.07) is 13.3. The Labute approximate surface area is 181 Å². The highest BCUT2D eigenvalue weighted by Gasteiger charge is 2.22. The first-order valence-electron chi connectivity index (χ1n) is 11.2. The second kappa shape index (κ2) is 8.46. The Kier molecular flexibility index (Phi) is 5.37. The van der Waals surface area contributed by atoms with E-state index in [0.717, 1.165) is 36.2 Å². The Balaban J connectivity index is 1.41. The van der Waals surface area contributed by atoms with Crippen molar-refractivity contribution in [1.82, 2.24) is 4.98 Å². The highest BCUT2D eigenvalue weighted by molar-refractivity contribution is 6.06. The van der Waals surface area contributed by atoms with Crippen LogP contribution in [0.5, 0.6) is 0 Å². The number of nitro groups is 1. The van der Waals surface area contributed by atoms with Crippen LogP contribution in [0.1, 0.15) is 73.2 Å². The van der Waals surface area contributed by atoms with Crippen LogP contribution in [-0.4, -0.2) is 21.8 Å². The van der Waals surface area contributed by atoms with E-state index in [0.29, 0.717) is 5.92 Å². The summed E-state index contributed by atoms with van der Waals surface area (Å²) in [5.41, 5.74) is 6.99. The van der Waals surface area contributed by atoms with Crippen molar-refractivity contribution in [3.63, 3.8) is 0 Å². The molecule has 158 valence electrons. The van der Waals surface area contributed by atoms with Crippen LogP contribution in [0.25, 0.3) is 10.9 Å². The van der Waals surface area contributed by atoms with Gasteiger partial charge in [-0.3, -0.25) is 10.1 Å². The molecule has 1 heterocycles. The lowest BCUT2D eigenvalue weighted by Crippen LogP contribution is -2.11. The molecule has 1 fully saturated rings. The molecule has 6 nitrogen and oxygen atoms in total. The van der Waals surface area contributed by atoms with Gasteiger partial charge >= 0.3 is 0 Å². The first-order chi connectivity index (χ1) is 15.2. The lowest BCUT2D eigenvalue weighted by atomic mass is 9.83. The van der Waals surface area contributed by atoms with E-state index in [-0.39, 0.29) is 5.69 Å². The number of nitro benzene ring substituents is 1. The number of hydrogen-bond donors (Lipinski definition) is 1. The summed E-state index contributed by atoms with van der Waals surface area (Å²) in [4.78, 5) is 14.0. The van der Waals surface area contributed by atoms with Crippen LogP contribution in [0.3, 0.4) is 0 Å². The van der Waals surface area contributed by atoms with Crippen molar-refractivity contribution in [2.75, 3.05) is 0 Å². The van der Waals surface area contributed by atoms with Crippen molar-refractivity contribution in [2.45, 2.75) is 57.3 Å². The van der Waals surface area contributed by atoms with E-state index < -0.39 is 4.92 Å². The number of non-ortho nitro benzene ring substituents is 1. The Morgan fingerprint density at radius 3 is 2.58 bits per heavy atom. The molecule has 5 rings (SSSR count). The SMILES string of the molecule is O=[N+]([O-])c1ccc(/C=N/N=C2/CCCc3c2[nH]c2ccc(C4CCCCC4)cc32)cc1. The van der Waals surface area contributed by atoms with Gasteiger partial charge in [0.25, 0.3) is 5.69 Å². The van der Waals surface area contributed by atoms with Gasteiger partial charge in [-0.2, -0.15) is 10.2 Å². The molecule has 1 saturated carbocycles. The van der Waals surface area contributed by atoms with Crippen molar-refractivity contribution in [1.29, 1.82) is 0 Å². The number of rotatable bonds is 4. The standard InChI is InChI=1S/C25H26N4O2/c30-29(31)20-12-9-17(10-13-20)16-26-28-24-8-4-7-21-22-15-19(18-5-2-1-3-6-18)11-14-23(22)27-25(21)24/h9-16,18,27H,1-8H2/b26-16+,28-24-. The maximum Gasteiger partial charge on any atom is 0.269 e. The van der Waals surface area contributed by atoms with Crippen LogP contribution in [-0.2, 0) is 6.42 Å². The number of fused-ring (bicyclic) bond motifs is 3. The molecule has 0 spiro atoms. The van der Waals surface area contributed by atoms with Gasteiger partial charge in [0.15, 0.2) is 0 Å². The van der Waals surface area contributed by atoms with Gasteiger partial charge in [0, 0.05) is 23.0 Å². The van der Waals surface area contributed by atoms with E-state index in [2.05, 4.69) is 33.4 Å². The van der Waals surface area contributed by atoms with Gasteiger partial charge in [0.05, 0.1) is 22.5 Å². The first kappa shape index (κ1) is 19.7. The second-order valence-corrected chi connectivity index (χ2v) is 8.61. The molecule has 6 heteroatoms. The van der Waals surface area contributed by atoms with E-state index in [1.807, 2.05) is 0 Å². The summed E-state index contributed by atoms with van der Waals surface area (Å²) >= 11 is 0. The highest BCUT2D eigenvalue weighted by Crippen LogP contribution is 2.36. The summed E-state index contributed by atoms with van der Waals surface area (Å²) in [7, 11) is 0. The molecule has 2 aromatic carbocycles. The van der Waals surface area contributed by atoms with E-state index >= 15 is 0 Å². The number of aromatic amines is 1. The number of benzene rings is 2. The smallest absolute Gasteiger partial charge is 0.269 e. The van der Waals surface area contributed by atoms with Crippen LogP contribution >= 0.6 is 0 Å². The monoisotopic (exact) mass is 414 g/mol. The number of H-pyrrole nitrogens is 1. The van der Waals surface area contributed by atoms with Crippen LogP contribution < -0.4 is 0 Å².